The largest absolute Gasteiger partial charge is 0.312 e. The van der Waals surface area contributed by atoms with Crippen molar-refractivity contribution in [2.24, 2.45) is 18.1 Å². The van der Waals surface area contributed by atoms with E-state index in [2.05, 4.69) is 27.6 Å². The van der Waals surface area contributed by atoms with Gasteiger partial charge in [-0.1, -0.05) is 30.8 Å². The normalized spacial score (nSPS) is 19.1. The van der Waals surface area contributed by atoms with Crippen LogP contribution in [0.15, 0.2) is 40.9 Å². The Hall–Kier alpha value is -2.15. The second-order valence-corrected chi connectivity index (χ2v) is 7.47. The molecule has 1 aromatic heterocycles. The molecule has 1 saturated carbocycles. The van der Waals surface area contributed by atoms with Crippen LogP contribution in [0.3, 0.4) is 0 Å². The lowest BCUT2D eigenvalue weighted by molar-refractivity contribution is 0.0954. The molecule has 1 atom stereocenters. The van der Waals surface area contributed by atoms with Gasteiger partial charge in [0.1, 0.15) is 6.33 Å². The molecule has 1 aliphatic rings. The Bertz CT molecular complexity index is 753. The van der Waals surface area contributed by atoms with Gasteiger partial charge in [-0.15, -0.1) is 10.2 Å². The van der Waals surface area contributed by atoms with Gasteiger partial charge < -0.3 is 4.57 Å². The molecule has 1 aromatic carbocycles. The van der Waals surface area contributed by atoms with Gasteiger partial charge in [0.25, 0.3) is 5.91 Å². The molecule has 1 heterocycles. The number of carbonyl (C=O) groups is 1. The zero-order valence-electron chi connectivity index (χ0n) is 14.6. The standard InChI is InChI=1S/C18H23N5OS/c1-13-4-3-5-16(10-13)20-21-17(24)15-8-6-14(7-9-15)11-25-18-22-19-12-23(18)2/h6-9,12-13H,3-5,10-11H2,1-2H3,(H,21,24)/b20-16+/t13-/m0/s1. The minimum Gasteiger partial charge on any atom is -0.312 e. The lowest BCUT2D eigenvalue weighted by Gasteiger charge is -2.18. The number of aromatic nitrogens is 3. The van der Waals surface area contributed by atoms with Crippen LogP contribution < -0.4 is 5.43 Å². The van der Waals surface area contributed by atoms with Crippen LogP contribution in [0, 0.1) is 5.92 Å². The number of thioether (sulfide) groups is 1. The lowest BCUT2D eigenvalue weighted by Crippen LogP contribution is -2.22. The number of hydrazone groups is 1. The van der Waals surface area contributed by atoms with Gasteiger partial charge in [-0.05, 0) is 49.3 Å². The summed E-state index contributed by atoms with van der Waals surface area (Å²) in [5, 5.41) is 13.1. The number of hydrogen-bond donors (Lipinski definition) is 1. The highest BCUT2D eigenvalue weighted by Crippen LogP contribution is 2.21. The SMILES string of the molecule is C[C@H]1CCC/C(=N\NC(=O)c2ccc(CSc3nncn3C)cc2)C1. The Labute approximate surface area is 152 Å². The number of benzene rings is 1. The van der Waals surface area contributed by atoms with E-state index >= 15 is 0 Å². The maximum absolute atomic E-state index is 12.2. The fourth-order valence-corrected chi connectivity index (χ4v) is 3.70. The number of rotatable bonds is 5. The van der Waals surface area contributed by atoms with Crippen molar-refractivity contribution in [1.29, 1.82) is 0 Å². The average Bonchev–Trinajstić information content (AvgIpc) is 3.03. The van der Waals surface area contributed by atoms with E-state index < -0.39 is 0 Å². The van der Waals surface area contributed by atoms with Gasteiger partial charge in [0, 0.05) is 24.1 Å². The van der Waals surface area contributed by atoms with Crippen LogP contribution >= 0.6 is 11.8 Å². The van der Waals surface area contributed by atoms with E-state index in [4.69, 9.17) is 0 Å². The first kappa shape index (κ1) is 17.7. The first-order valence-electron chi connectivity index (χ1n) is 8.53. The molecule has 0 saturated heterocycles. The van der Waals surface area contributed by atoms with Crippen LogP contribution in [0.2, 0.25) is 0 Å². The zero-order chi connectivity index (χ0) is 17.6. The maximum atomic E-state index is 12.2. The number of nitrogens with zero attached hydrogens (tertiary/aromatic N) is 4. The lowest BCUT2D eigenvalue weighted by atomic mass is 9.89. The van der Waals surface area contributed by atoms with Gasteiger partial charge in [0.05, 0.1) is 0 Å². The molecular weight excluding hydrogens is 334 g/mol. The minimum absolute atomic E-state index is 0.154. The number of amides is 1. The Morgan fingerprint density at radius 3 is 2.88 bits per heavy atom. The van der Waals surface area contributed by atoms with Gasteiger partial charge in [-0.3, -0.25) is 4.79 Å². The van der Waals surface area contributed by atoms with E-state index in [1.54, 1.807) is 18.1 Å². The third kappa shape index (κ3) is 4.92. The summed E-state index contributed by atoms with van der Waals surface area (Å²) in [5.74, 6) is 1.29. The topological polar surface area (TPSA) is 72.2 Å². The molecule has 0 aliphatic heterocycles. The Morgan fingerprint density at radius 1 is 1.40 bits per heavy atom. The molecule has 0 unspecified atom stereocenters. The summed E-state index contributed by atoms with van der Waals surface area (Å²) in [6, 6.07) is 7.61. The molecule has 1 aliphatic carbocycles. The summed E-state index contributed by atoms with van der Waals surface area (Å²) in [6.45, 7) is 2.23. The summed E-state index contributed by atoms with van der Waals surface area (Å²) < 4.78 is 1.89. The zero-order valence-corrected chi connectivity index (χ0v) is 15.4. The Balaban J connectivity index is 1.53. The van der Waals surface area contributed by atoms with Crippen molar-refractivity contribution >= 4 is 23.4 Å². The molecule has 0 spiro atoms. The van der Waals surface area contributed by atoms with E-state index in [0.717, 1.165) is 41.4 Å². The molecule has 0 radical (unpaired) electrons. The van der Waals surface area contributed by atoms with Crippen LogP contribution in [0.5, 0.6) is 0 Å². The highest BCUT2D eigenvalue weighted by Gasteiger charge is 2.14. The summed E-state index contributed by atoms with van der Waals surface area (Å²) >= 11 is 1.62. The number of aryl methyl sites for hydroxylation is 1. The summed E-state index contributed by atoms with van der Waals surface area (Å²) in [5.41, 5.74) is 5.56. The van der Waals surface area contributed by atoms with Crippen LogP contribution in [0.25, 0.3) is 0 Å². The fraction of sp³-hybridized carbons (Fsp3) is 0.444. The molecule has 7 heteroatoms. The first-order chi connectivity index (χ1) is 12.1. The second kappa shape index (κ2) is 8.29. The van der Waals surface area contributed by atoms with Crippen molar-refractivity contribution in [1.82, 2.24) is 20.2 Å². The molecule has 25 heavy (non-hydrogen) atoms. The van der Waals surface area contributed by atoms with Crippen molar-refractivity contribution in [3.63, 3.8) is 0 Å². The van der Waals surface area contributed by atoms with Crippen LogP contribution in [0.4, 0.5) is 0 Å². The minimum atomic E-state index is -0.154. The van der Waals surface area contributed by atoms with E-state index in [-0.39, 0.29) is 5.91 Å². The Kier molecular flexibility index (Phi) is 5.86. The molecular formula is C18H23N5OS. The molecule has 132 valence electrons. The number of carbonyl (C=O) groups excluding carboxylic acids is 1. The van der Waals surface area contributed by atoms with E-state index in [9.17, 15) is 4.79 Å². The molecule has 3 rings (SSSR count). The van der Waals surface area contributed by atoms with Gasteiger partial charge >= 0.3 is 0 Å². The second-order valence-electron chi connectivity index (χ2n) is 6.53. The van der Waals surface area contributed by atoms with E-state index in [1.807, 2.05) is 35.9 Å². The molecule has 1 N–H and O–H groups in total. The molecule has 2 aromatic rings. The summed E-state index contributed by atoms with van der Waals surface area (Å²) in [4.78, 5) is 12.2. The van der Waals surface area contributed by atoms with Crippen molar-refractivity contribution in [2.45, 2.75) is 43.5 Å². The maximum Gasteiger partial charge on any atom is 0.271 e. The fourth-order valence-electron chi connectivity index (χ4n) is 2.86. The first-order valence-corrected chi connectivity index (χ1v) is 9.52. The smallest absolute Gasteiger partial charge is 0.271 e. The molecule has 0 bridgehead atoms. The monoisotopic (exact) mass is 357 g/mol. The predicted octanol–water partition coefficient (Wildman–Crippen LogP) is 3.40. The highest BCUT2D eigenvalue weighted by molar-refractivity contribution is 7.98. The van der Waals surface area contributed by atoms with Crippen LogP contribution in [-0.2, 0) is 12.8 Å². The summed E-state index contributed by atoms with van der Waals surface area (Å²) in [6.07, 6.45) is 6.07. The highest BCUT2D eigenvalue weighted by atomic mass is 32.2. The average molecular weight is 357 g/mol. The Morgan fingerprint density at radius 2 is 2.20 bits per heavy atom. The molecule has 1 amide bonds. The molecule has 1 fully saturated rings. The molecule has 6 nitrogen and oxygen atoms in total. The van der Waals surface area contributed by atoms with Crippen molar-refractivity contribution in [2.75, 3.05) is 0 Å². The quantitative estimate of drug-likeness (QED) is 0.657. The number of nitrogens with one attached hydrogen (secondary N) is 1. The van der Waals surface area contributed by atoms with E-state index in [1.165, 1.54) is 6.42 Å². The van der Waals surface area contributed by atoms with Gasteiger partial charge in [0.15, 0.2) is 5.16 Å². The van der Waals surface area contributed by atoms with Gasteiger partial charge in [-0.25, -0.2) is 5.43 Å². The van der Waals surface area contributed by atoms with Crippen LogP contribution in [0.1, 0.15) is 48.5 Å². The number of hydrogen-bond acceptors (Lipinski definition) is 5. The van der Waals surface area contributed by atoms with Crippen molar-refractivity contribution in [3.05, 3.63) is 41.7 Å². The van der Waals surface area contributed by atoms with Crippen molar-refractivity contribution in [3.8, 4) is 0 Å². The van der Waals surface area contributed by atoms with Gasteiger partial charge in [0.2, 0.25) is 0 Å². The van der Waals surface area contributed by atoms with Gasteiger partial charge in [-0.2, -0.15) is 5.10 Å². The van der Waals surface area contributed by atoms with E-state index in [0.29, 0.717) is 11.5 Å². The van der Waals surface area contributed by atoms with Crippen molar-refractivity contribution < 1.29 is 4.79 Å². The summed E-state index contributed by atoms with van der Waals surface area (Å²) in [7, 11) is 1.92. The third-order valence-corrected chi connectivity index (χ3v) is 5.42. The van der Waals surface area contributed by atoms with Crippen LogP contribution in [-0.4, -0.2) is 26.4 Å². The predicted molar refractivity (Wildman–Crippen MR) is 99.5 cm³/mol. The third-order valence-electron chi connectivity index (χ3n) is 4.32.